The molecule has 0 fully saturated rings. The summed E-state index contributed by atoms with van der Waals surface area (Å²) in [6.45, 7) is 5.19. The van der Waals surface area contributed by atoms with Crippen molar-refractivity contribution in [3.8, 4) is 11.5 Å². The van der Waals surface area contributed by atoms with Gasteiger partial charge in [-0.05, 0) is 61.4 Å². The van der Waals surface area contributed by atoms with Crippen molar-refractivity contribution in [3.63, 3.8) is 0 Å². The van der Waals surface area contributed by atoms with Crippen LogP contribution >= 0.6 is 0 Å². The Bertz CT molecular complexity index is 558. The summed E-state index contributed by atoms with van der Waals surface area (Å²) in [5, 5.41) is 0. The maximum atomic E-state index is 5.72. The zero-order valence-corrected chi connectivity index (χ0v) is 12.6. The number of rotatable bonds is 6. The third-order valence-electron chi connectivity index (χ3n) is 3.20. The van der Waals surface area contributed by atoms with Gasteiger partial charge in [-0.3, -0.25) is 0 Å². The van der Waals surface area contributed by atoms with Crippen molar-refractivity contribution in [2.45, 2.75) is 20.3 Å². The maximum Gasteiger partial charge on any atom is 0.122 e. The van der Waals surface area contributed by atoms with Gasteiger partial charge in [0.05, 0.1) is 13.2 Å². The topological polar surface area (TPSA) is 70.5 Å². The molecule has 4 nitrogen and oxygen atoms in total. The number of hydrogen-bond donors (Lipinski definition) is 2. The molecule has 0 atom stereocenters. The van der Waals surface area contributed by atoms with Crippen LogP contribution in [0.3, 0.4) is 0 Å². The average Bonchev–Trinajstić information content (AvgIpc) is 2.42. The Morgan fingerprint density at radius 2 is 1.19 bits per heavy atom. The first-order chi connectivity index (χ1) is 10.1. The molecule has 0 bridgehead atoms. The Hall–Kier alpha value is -2.36. The van der Waals surface area contributed by atoms with Crippen LogP contribution in [0, 0.1) is 13.8 Å². The third kappa shape index (κ3) is 4.31. The molecular weight excluding hydrogens is 264 g/mol. The molecule has 4 heteroatoms. The number of nitrogen functional groups attached to an aromatic ring is 2. The Labute approximate surface area is 125 Å². The van der Waals surface area contributed by atoms with Gasteiger partial charge in [-0.2, -0.15) is 0 Å². The van der Waals surface area contributed by atoms with Gasteiger partial charge in [0.25, 0.3) is 0 Å². The molecule has 0 saturated heterocycles. The Morgan fingerprint density at radius 1 is 0.762 bits per heavy atom. The molecule has 0 aliphatic heterocycles. The zero-order valence-electron chi connectivity index (χ0n) is 12.6. The van der Waals surface area contributed by atoms with Crippen LogP contribution in [0.1, 0.15) is 17.5 Å². The summed E-state index contributed by atoms with van der Waals surface area (Å²) in [7, 11) is 0. The van der Waals surface area contributed by atoms with Gasteiger partial charge >= 0.3 is 0 Å². The van der Waals surface area contributed by atoms with Gasteiger partial charge in [0.2, 0.25) is 0 Å². The smallest absolute Gasteiger partial charge is 0.122 e. The van der Waals surface area contributed by atoms with Crippen LogP contribution in [0.25, 0.3) is 0 Å². The molecule has 0 radical (unpaired) electrons. The third-order valence-corrected chi connectivity index (χ3v) is 3.20. The lowest BCUT2D eigenvalue weighted by Gasteiger charge is -2.11. The molecular formula is C17H22N2O2. The zero-order chi connectivity index (χ0) is 15.2. The van der Waals surface area contributed by atoms with Gasteiger partial charge < -0.3 is 20.9 Å². The van der Waals surface area contributed by atoms with Crippen molar-refractivity contribution in [1.82, 2.24) is 0 Å². The van der Waals surface area contributed by atoms with Crippen LogP contribution in [0.5, 0.6) is 11.5 Å². The highest BCUT2D eigenvalue weighted by Crippen LogP contribution is 2.21. The SMILES string of the molecule is Cc1cc(N)ccc1OCCCOc1ccc(N)cc1C. The van der Waals surface area contributed by atoms with E-state index < -0.39 is 0 Å². The molecule has 0 unspecified atom stereocenters. The van der Waals surface area contributed by atoms with Crippen molar-refractivity contribution in [2.24, 2.45) is 0 Å². The Balaban J connectivity index is 1.75. The summed E-state index contributed by atoms with van der Waals surface area (Å²) < 4.78 is 11.4. The molecule has 0 saturated carbocycles. The molecule has 0 amide bonds. The first kappa shape index (κ1) is 15.0. The van der Waals surface area contributed by atoms with Crippen LogP contribution in [-0.2, 0) is 0 Å². The van der Waals surface area contributed by atoms with Gasteiger partial charge in [0, 0.05) is 17.8 Å². The molecule has 21 heavy (non-hydrogen) atoms. The molecule has 2 aromatic carbocycles. The van der Waals surface area contributed by atoms with Gasteiger partial charge in [0.1, 0.15) is 11.5 Å². The fourth-order valence-corrected chi connectivity index (χ4v) is 2.09. The first-order valence-electron chi connectivity index (χ1n) is 7.04. The molecule has 2 aromatic rings. The minimum absolute atomic E-state index is 0.610. The highest BCUT2D eigenvalue weighted by Gasteiger charge is 2.02. The fourth-order valence-electron chi connectivity index (χ4n) is 2.09. The van der Waals surface area contributed by atoms with Crippen molar-refractivity contribution in [3.05, 3.63) is 47.5 Å². The molecule has 4 N–H and O–H groups in total. The molecule has 0 aliphatic rings. The summed E-state index contributed by atoms with van der Waals surface area (Å²) in [4.78, 5) is 0. The first-order valence-corrected chi connectivity index (χ1v) is 7.04. The number of aryl methyl sites for hydroxylation is 2. The lowest BCUT2D eigenvalue weighted by molar-refractivity contribution is 0.246. The van der Waals surface area contributed by atoms with Gasteiger partial charge in [-0.25, -0.2) is 0 Å². The normalized spacial score (nSPS) is 10.4. The number of anilines is 2. The number of hydrogen-bond acceptors (Lipinski definition) is 4. The van der Waals surface area contributed by atoms with E-state index in [0.29, 0.717) is 13.2 Å². The summed E-state index contributed by atoms with van der Waals surface area (Å²) in [5.74, 6) is 1.74. The summed E-state index contributed by atoms with van der Waals surface area (Å²) in [6.07, 6.45) is 0.813. The van der Waals surface area contributed by atoms with E-state index in [2.05, 4.69) is 0 Å². The summed E-state index contributed by atoms with van der Waals surface area (Å²) >= 11 is 0. The quantitative estimate of drug-likeness (QED) is 0.631. The fraction of sp³-hybridized carbons (Fsp3) is 0.294. The van der Waals surface area contributed by atoms with Crippen molar-refractivity contribution >= 4 is 11.4 Å². The number of nitrogens with two attached hydrogens (primary N) is 2. The van der Waals surface area contributed by atoms with Crippen molar-refractivity contribution < 1.29 is 9.47 Å². The van der Waals surface area contributed by atoms with E-state index in [-0.39, 0.29) is 0 Å². The standard InChI is InChI=1S/C17H22N2O2/c1-12-10-14(18)4-6-16(12)20-8-3-9-21-17-7-5-15(19)11-13(17)2/h4-7,10-11H,3,8-9,18-19H2,1-2H3. The van der Waals surface area contributed by atoms with Crippen LogP contribution in [0.2, 0.25) is 0 Å². The summed E-state index contributed by atoms with van der Waals surface area (Å²) in [6, 6.07) is 11.3. The van der Waals surface area contributed by atoms with Gasteiger partial charge in [-0.15, -0.1) is 0 Å². The molecule has 0 aromatic heterocycles. The molecule has 112 valence electrons. The Kier molecular flexibility index (Phi) is 4.93. The highest BCUT2D eigenvalue weighted by atomic mass is 16.5. The molecule has 0 heterocycles. The second-order valence-electron chi connectivity index (χ2n) is 5.10. The largest absolute Gasteiger partial charge is 0.493 e. The van der Waals surface area contributed by atoms with Crippen LogP contribution < -0.4 is 20.9 Å². The molecule has 0 aliphatic carbocycles. The van der Waals surface area contributed by atoms with Crippen molar-refractivity contribution in [1.29, 1.82) is 0 Å². The second kappa shape index (κ2) is 6.88. The summed E-state index contributed by atoms with van der Waals surface area (Å²) in [5.41, 5.74) is 15.0. The predicted octanol–water partition coefficient (Wildman–Crippen LogP) is 3.32. The van der Waals surface area contributed by atoms with E-state index in [0.717, 1.165) is 40.4 Å². The lowest BCUT2D eigenvalue weighted by atomic mass is 10.2. The minimum Gasteiger partial charge on any atom is -0.493 e. The van der Waals surface area contributed by atoms with Crippen LogP contribution in [0.4, 0.5) is 11.4 Å². The van der Waals surface area contributed by atoms with E-state index >= 15 is 0 Å². The second-order valence-corrected chi connectivity index (χ2v) is 5.10. The predicted molar refractivity (Wildman–Crippen MR) is 86.8 cm³/mol. The van der Waals surface area contributed by atoms with E-state index in [9.17, 15) is 0 Å². The van der Waals surface area contributed by atoms with E-state index in [1.807, 2.05) is 50.2 Å². The van der Waals surface area contributed by atoms with Gasteiger partial charge in [0.15, 0.2) is 0 Å². The van der Waals surface area contributed by atoms with E-state index in [1.165, 1.54) is 0 Å². The van der Waals surface area contributed by atoms with Crippen molar-refractivity contribution in [2.75, 3.05) is 24.7 Å². The monoisotopic (exact) mass is 286 g/mol. The van der Waals surface area contributed by atoms with Crippen LogP contribution in [-0.4, -0.2) is 13.2 Å². The number of benzene rings is 2. The average molecular weight is 286 g/mol. The number of ether oxygens (including phenoxy) is 2. The highest BCUT2D eigenvalue weighted by molar-refractivity contribution is 5.47. The molecule has 2 rings (SSSR count). The van der Waals surface area contributed by atoms with E-state index in [1.54, 1.807) is 0 Å². The Morgan fingerprint density at radius 3 is 1.57 bits per heavy atom. The van der Waals surface area contributed by atoms with E-state index in [4.69, 9.17) is 20.9 Å². The van der Waals surface area contributed by atoms with Gasteiger partial charge in [-0.1, -0.05) is 0 Å². The minimum atomic E-state index is 0.610. The molecule has 0 spiro atoms. The lowest BCUT2D eigenvalue weighted by Crippen LogP contribution is -2.06. The van der Waals surface area contributed by atoms with Crippen LogP contribution in [0.15, 0.2) is 36.4 Å². The maximum absolute atomic E-state index is 5.72.